The van der Waals surface area contributed by atoms with Crippen molar-refractivity contribution >= 4 is 61.4 Å². The Morgan fingerprint density at radius 3 is 2.62 bits per heavy atom. The van der Waals surface area contributed by atoms with Gasteiger partial charge in [0.1, 0.15) is 17.1 Å². The number of anilines is 1. The Labute approximate surface area is 220 Å². The highest BCUT2D eigenvalue weighted by atomic mass is 35.5. The fourth-order valence-corrected chi connectivity index (χ4v) is 5.79. The average molecular weight is 531 g/mol. The molecule has 1 aliphatic heterocycles. The Bertz CT molecular complexity index is 1760. The number of fused-ring (bicyclic) bond motifs is 2. The van der Waals surface area contributed by atoms with Crippen molar-refractivity contribution in [1.82, 2.24) is 14.4 Å². The number of benzene rings is 2. The molecule has 0 bridgehead atoms. The third-order valence-corrected chi connectivity index (χ3v) is 7.62. The molecule has 37 heavy (non-hydrogen) atoms. The highest BCUT2D eigenvalue weighted by molar-refractivity contribution is 7.22. The van der Waals surface area contributed by atoms with Crippen LogP contribution in [-0.4, -0.2) is 38.3 Å². The molecule has 6 rings (SSSR count). The van der Waals surface area contributed by atoms with E-state index in [2.05, 4.69) is 9.97 Å². The largest absolute Gasteiger partial charge is 0.505 e. The maximum absolute atomic E-state index is 13.5. The summed E-state index contributed by atoms with van der Waals surface area (Å²) in [6.45, 7) is 1.75. The standard InChI is InChI=1S/C27H19ClN4O4S/c1-14-22(31-12-4-3-5-20(31)29-14)24(33)21-23(15-6-8-16(28)9-7-15)32(26(35)25(21)34)27-30-18-11-10-17(36-2)13-19(18)37-27/h3-13,23,33H,1-2H3. The Hall–Kier alpha value is -4.21. The molecule has 5 aromatic rings. The number of carbonyl (C=O) groups excluding carboxylic acids is 2. The lowest BCUT2D eigenvalue weighted by molar-refractivity contribution is -0.132. The number of thiazole rings is 1. The maximum Gasteiger partial charge on any atom is 0.301 e. The number of ketones is 1. The molecule has 4 heterocycles. The molecular weight excluding hydrogens is 512 g/mol. The zero-order valence-corrected chi connectivity index (χ0v) is 21.2. The summed E-state index contributed by atoms with van der Waals surface area (Å²) in [5.41, 5.74) is 2.71. The van der Waals surface area contributed by atoms with Gasteiger partial charge >= 0.3 is 5.91 Å². The topological polar surface area (TPSA) is 97.0 Å². The van der Waals surface area contributed by atoms with E-state index in [0.717, 1.165) is 4.70 Å². The van der Waals surface area contributed by atoms with Crippen LogP contribution < -0.4 is 9.64 Å². The number of nitrogens with zero attached hydrogens (tertiary/aromatic N) is 4. The van der Waals surface area contributed by atoms with E-state index in [0.29, 0.717) is 44.0 Å². The Morgan fingerprint density at radius 2 is 1.86 bits per heavy atom. The number of imidazole rings is 1. The normalized spacial score (nSPS) is 17.3. The number of aliphatic hydroxyl groups is 1. The summed E-state index contributed by atoms with van der Waals surface area (Å²) in [4.78, 5) is 37.5. The third-order valence-electron chi connectivity index (χ3n) is 6.35. The van der Waals surface area contributed by atoms with Crippen LogP contribution >= 0.6 is 22.9 Å². The van der Waals surface area contributed by atoms with Crippen LogP contribution in [0.25, 0.3) is 21.6 Å². The first kappa shape index (κ1) is 23.2. The van der Waals surface area contributed by atoms with Gasteiger partial charge in [-0.05, 0) is 55.0 Å². The van der Waals surface area contributed by atoms with Gasteiger partial charge in [0.15, 0.2) is 10.9 Å². The first-order chi connectivity index (χ1) is 17.9. The van der Waals surface area contributed by atoms with Crippen LogP contribution in [0.15, 0.2) is 72.4 Å². The first-order valence-corrected chi connectivity index (χ1v) is 12.5. The zero-order valence-electron chi connectivity index (χ0n) is 19.7. The number of aromatic nitrogens is 3. The van der Waals surface area contributed by atoms with Gasteiger partial charge in [-0.1, -0.05) is 41.1 Å². The molecule has 1 atom stereocenters. The van der Waals surface area contributed by atoms with Crippen molar-refractivity contribution < 1.29 is 19.4 Å². The number of amides is 1. The second-order valence-electron chi connectivity index (χ2n) is 8.53. The first-order valence-electron chi connectivity index (χ1n) is 11.3. The highest BCUT2D eigenvalue weighted by Gasteiger charge is 2.48. The number of hydrogen-bond acceptors (Lipinski definition) is 7. The van der Waals surface area contributed by atoms with Crippen LogP contribution in [0.3, 0.4) is 0 Å². The maximum atomic E-state index is 13.5. The summed E-state index contributed by atoms with van der Waals surface area (Å²) in [5, 5.41) is 12.4. The fraction of sp³-hybridized carbons (Fsp3) is 0.111. The molecule has 0 radical (unpaired) electrons. The van der Waals surface area contributed by atoms with Gasteiger partial charge in [0.05, 0.1) is 34.6 Å². The number of Topliss-reactive ketones (excluding diaryl/α,β-unsaturated/α-hetero) is 1. The highest BCUT2D eigenvalue weighted by Crippen LogP contribution is 2.45. The summed E-state index contributed by atoms with van der Waals surface area (Å²) >= 11 is 7.40. The minimum absolute atomic E-state index is 0.0436. The van der Waals surface area contributed by atoms with E-state index in [9.17, 15) is 14.7 Å². The molecule has 2 aromatic carbocycles. The number of pyridine rings is 1. The molecular formula is C27H19ClN4O4S. The summed E-state index contributed by atoms with van der Waals surface area (Å²) < 4.78 is 7.81. The smallest absolute Gasteiger partial charge is 0.301 e. The van der Waals surface area contributed by atoms with Gasteiger partial charge in [0.2, 0.25) is 0 Å². The van der Waals surface area contributed by atoms with E-state index < -0.39 is 17.7 Å². The predicted molar refractivity (Wildman–Crippen MR) is 142 cm³/mol. The van der Waals surface area contributed by atoms with Gasteiger partial charge in [0.25, 0.3) is 5.78 Å². The van der Waals surface area contributed by atoms with Gasteiger partial charge in [-0.3, -0.25) is 18.9 Å². The minimum Gasteiger partial charge on any atom is -0.505 e. The molecule has 184 valence electrons. The Kier molecular flexibility index (Phi) is 5.47. The lowest BCUT2D eigenvalue weighted by Gasteiger charge is -2.23. The summed E-state index contributed by atoms with van der Waals surface area (Å²) in [7, 11) is 1.57. The number of aliphatic hydroxyl groups excluding tert-OH is 1. The number of methoxy groups -OCH3 is 1. The number of carbonyl (C=O) groups is 2. The van der Waals surface area contributed by atoms with Crippen molar-refractivity contribution in [2.24, 2.45) is 0 Å². The van der Waals surface area contributed by atoms with Crippen molar-refractivity contribution in [2.75, 3.05) is 12.0 Å². The lowest BCUT2D eigenvalue weighted by atomic mass is 9.96. The molecule has 10 heteroatoms. The van der Waals surface area contributed by atoms with Crippen molar-refractivity contribution in [3.8, 4) is 5.75 Å². The number of rotatable bonds is 4. The van der Waals surface area contributed by atoms with Crippen LogP contribution in [0.5, 0.6) is 5.75 Å². The molecule has 0 spiro atoms. The van der Waals surface area contributed by atoms with E-state index in [-0.39, 0.29) is 11.3 Å². The monoisotopic (exact) mass is 530 g/mol. The van der Waals surface area contributed by atoms with Gasteiger partial charge in [-0.15, -0.1) is 0 Å². The van der Waals surface area contributed by atoms with Crippen molar-refractivity contribution in [1.29, 1.82) is 0 Å². The predicted octanol–water partition coefficient (Wildman–Crippen LogP) is 5.54. The fourth-order valence-electron chi connectivity index (χ4n) is 4.64. The lowest BCUT2D eigenvalue weighted by Crippen LogP contribution is -2.29. The summed E-state index contributed by atoms with van der Waals surface area (Å²) in [5.74, 6) is -1.24. The molecule has 1 aliphatic rings. The molecule has 1 amide bonds. The van der Waals surface area contributed by atoms with E-state index in [1.165, 1.54) is 16.2 Å². The van der Waals surface area contributed by atoms with Crippen LogP contribution in [0.4, 0.5) is 5.13 Å². The quantitative estimate of drug-likeness (QED) is 0.186. The van der Waals surface area contributed by atoms with Gasteiger partial charge in [0, 0.05) is 11.2 Å². The molecule has 8 nitrogen and oxygen atoms in total. The molecule has 3 aromatic heterocycles. The van der Waals surface area contributed by atoms with Crippen molar-refractivity contribution in [3.63, 3.8) is 0 Å². The van der Waals surface area contributed by atoms with Crippen LogP contribution in [-0.2, 0) is 9.59 Å². The Balaban J connectivity index is 1.59. The van der Waals surface area contributed by atoms with E-state index >= 15 is 0 Å². The molecule has 0 saturated carbocycles. The van der Waals surface area contributed by atoms with Crippen molar-refractivity contribution in [2.45, 2.75) is 13.0 Å². The molecule has 1 saturated heterocycles. The molecule has 1 unspecified atom stereocenters. The van der Waals surface area contributed by atoms with Crippen LogP contribution in [0.1, 0.15) is 23.0 Å². The van der Waals surface area contributed by atoms with Crippen LogP contribution in [0.2, 0.25) is 5.02 Å². The van der Waals surface area contributed by atoms with Crippen LogP contribution in [0, 0.1) is 6.92 Å². The second kappa shape index (κ2) is 8.72. The third kappa shape index (κ3) is 3.66. The molecule has 1 fully saturated rings. The number of hydrogen-bond donors (Lipinski definition) is 1. The van der Waals surface area contributed by atoms with Crippen molar-refractivity contribution in [3.05, 3.63) is 94.4 Å². The van der Waals surface area contributed by atoms with E-state index in [1.807, 2.05) is 12.1 Å². The molecule has 0 aliphatic carbocycles. The zero-order chi connectivity index (χ0) is 25.8. The number of aryl methyl sites for hydroxylation is 1. The second-order valence-corrected chi connectivity index (χ2v) is 9.97. The van der Waals surface area contributed by atoms with E-state index in [4.69, 9.17) is 16.3 Å². The SMILES string of the molecule is COc1ccc2nc(N3C(=O)C(=O)C(=C(O)c4c(C)nc5ccccn45)C3c3ccc(Cl)cc3)sc2c1. The summed E-state index contributed by atoms with van der Waals surface area (Å²) in [6.07, 6.45) is 1.75. The summed E-state index contributed by atoms with van der Waals surface area (Å²) in [6, 6.07) is 16.7. The average Bonchev–Trinajstić information content (AvgIpc) is 3.54. The number of halogens is 1. The number of ether oxygens (including phenoxy) is 1. The minimum atomic E-state index is -0.923. The Morgan fingerprint density at radius 1 is 1.08 bits per heavy atom. The molecule has 1 N–H and O–H groups in total. The van der Waals surface area contributed by atoms with Gasteiger partial charge in [-0.25, -0.2) is 9.97 Å². The van der Waals surface area contributed by atoms with Gasteiger partial charge < -0.3 is 9.84 Å². The van der Waals surface area contributed by atoms with Gasteiger partial charge in [-0.2, -0.15) is 0 Å². The van der Waals surface area contributed by atoms with E-state index in [1.54, 1.807) is 73.2 Å².